The van der Waals surface area contributed by atoms with E-state index in [4.69, 9.17) is 0 Å². The summed E-state index contributed by atoms with van der Waals surface area (Å²) in [7, 11) is 0. The number of para-hydroxylation sites is 1. The fraction of sp³-hybridized carbons (Fsp3) is 0.276. The lowest BCUT2D eigenvalue weighted by molar-refractivity contribution is 0.0701. The van der Waals surface area contributed by atoms with Crippen LogP contribution in [0.5, 0.6) is 0 Å². The van der Waals surface area contributed by atoms with Gasteiger partial charge in [0.05, 0.1) is 11.3 Å². The van der Waals surface area contributed by atoms with Crippen molar-refractivity contribution in [1.82, 2.24) is 9.47 Å². The summed E-state index contributed by atoms with van der Waals surface area (Å²) < 4.78 is 2.03. The zero-order chi connectivity index (χ0) is 22.1. The highest BCUT2D eigenvalue weighted by Crippen LogP contribution is 2.31. The molecule has 0 spiro atoms. The Labute approximate surface area is 190 Å². The van der Waals surface area contributed by atoms with E-state index in [2.05, 4.69) is 55.2 Å². The summed E-state index contributed by atoms with van der Waals surface area (Å²) >= 11 is 0. The second-order valence-electron chi connectivity index (χ2n) is 9.21. The lowest BCUT2D eigenvalue weighted by atomic mass is 9.89. The lowest BCUT2D eigenvalue weighted by Crippen LogP contribution is -2.42. The molecular weight excluding hydrogens is 392 g/mol. The van der Waals surface area contributed by atoms with Crippen molar-refractivity contribution < 1.29 is 4.79 Å². The zero-order valence-corrected chi connectivity index (χ0v) is 18.9. The quantitative estimate of drug-likeness (QED) is 0.495. The summed E-state index contributed by atoms with van der Waals surface area (Å²) in [6, 6.07) is 20.8. The van der Waals surface area contributed by atoms with Crippen LogP contribution in [0.4, 0.5) is 0 Å². The second kappa shape index (κ2) is 8.66. The molecule has 3 heteroatoms. The first-order valence-electron chi connectivity index (χ1n) is 11.6. The van der Waals surface area contributed by atoms with Crippen molar-refractivity contribution in [2.24, 2.45) is 5.92 Å². The number of carbonyl (C=O) groups is 1. The van der Waals surface area contributed by atoms with Crippen LogP contribution in [0.2, 0.25) is 0 Å². The maximum atomic E-state index is 14.1. The SMILES string of the molecule is CC1=CC=C(CN(C(=O)c2ccccc2-n2cccc2)C2Cc3ccccc3C2)CC1C. The third-order valence-electron chi connectivity index (χ3n) is 7.05. The Morgan fingerprint density at radius 2 is 1.56 bits per heavy atom. The van der Waals surface area contributed by atoms with E-state index in [0.29, 0.717) is 12.5 Å². The highest BCUT2D eigenvalue weighted by atomic mass is 16.2. The van der Waals surface area contributed by atoms with Gasteiger partial charge in [0.15, 0.2) is 0 Å². The molecule has 0 fully saturated rings. The number of carbonyl (C=O) groups excluding carboxylic acids is 1. The van der Waals surface area contributed by atoms with Gasteiger partial charge in [0.1, 0.15) is 0 Å². The van der Waals surface area contributed by atoms with Crippen molar-refractivity contribution in [1.29, 1.82) is 0 Å². The summed E-state index contributed by atoms with van der Waals surface area (Å²) in [5.41, 5.74) is 7.19. The van der Waals surface area contributed by atoms with Crippen LogP contribution in [0, 0.1) is 5.92 Å². The van der Waals surface area contributed by atoms with Crippen molar-refractivity contribution in [2.75, 3.05) is 6.54 Å². The number of allylic oxidation sites excluding steroid dienone is 3. The van der Waals surface area contributed by atoms with Crippen LogP contribution in [0.3, 0.4) is 0 Å². The predicted octanol–water partition coefficient (Wildman–Crippen LogP) is 6.00. The highest BCUT2D eigenvalue weighted by Gasteiger charge is 2.32. The molecule has 162 valence electrons. The number of hydrogen-bond donors (Lipinski definition) is 0. The lowest BCUT2D eigenvalue weighted by Gasteiger charge is -2.32. The number of aromatic nitrogens is 1. The van der Waals surface area contributed by atoms with Crippen LogP contribution >= 0.6 is 0 Å². The number of fused-ring (bicyclic) bond motifs is 1. The Morgan fingerprint density at radius 1 is 0.906 bits per heavy atom. The molecule has 2 aromatic carbocycles. The largest absolute Gasteiger partial charge is 0.331 e. The van der Waals surface area contributed by atoms with Gasteiger partial charge < -0.3 is 9.47 Å². The van der Waals surface area contributed by atoms with Gasteiger partial charge in [0, 0.05) is 25.0 Å². The van der Waals surface area contributed by atoms with Crippen LogP contribution in [0.1, 0.15) is 41.8 Å². The number of benzene rings is 2. The molecule has 0 radical (unpaired) electrons. The molecule has 32 heavy (non-hydrogen) atoms. The summed E-state index contributed by atoms with van der Waals surface area (Å²) in [4.78, 5) is 16.2. The standard InChI is InChI=1S/C29H30N2O/c1-21-13-14-23(17-22(21)2)20-31(26-18-24-9-3-4-10-25(24)19-26)29(32)27-11-5-6-12-28(27)30-15-7-8-16-30/h3-16,22,26H,17-20H2,1-2H3. The summed E-state index contributed by atoms with van der Waals surface area (Å²) in [6.45, 7) is 5.16. The second-order valence-corrected chi connectivity index (χ2v) is 9.21. The van der Waals surface area contributed by atoms with E-state index >= 15 is 0 Å². The van der Waals surface area contributed by atoms with Gasteiger partial charge in [0.25, 0.3) is 5.91 Å². The van der Waals surface area contributed by atoms with Gasteiger partial charge in [-0.1, -0.05) is 66.6 Å². The molecule has 0 aliphatic heterocycles. The Hall–Kier alpha value is -3.33. The first-order chi connectivity index (χ1) is 15.6. The van der Waals surface area contributed by atoms with E-state index in [-0.39, 0.29) is 11.9 Å². The Morgan fingerprint density at radius 3 is 2.25 bits per heavy atom. The maximum absolute atomic E-state index is 14.1. The molecule has 2 aliphatic carbocycles. The minimum Gasteiger partial charge on any atom is -0.331 e. The van der Waals surface area contributed by atoms with Gasteiger partial charge in [-0.3, -0.25) is 4.79 Å². The first kappa shape index (κ1) is 20.6. The number of rotatable bonds is 5. The van der Waals surface area contributed by atoms with Crippen molar-refractivity contribution in [3.05, 3.63) is 113 Å². The molecule has 0 bridgehead atoms. The van der Waals surface area contributed by atoms with E-state index in [1.54, 1.807) is 0 Å². The fourth-order valence-corrected chi connectivity index (χ4v) is 5.02. The van der Waals surface area contributed by atoms with Crippen LogP contribution < -0.4 is 0 Å². The topological polar surface area (TPSA) is 25.2 Å². The molecule has 5 rings (SSSR count). The third-order valence-corrected chi connectivity index (χ3v) is 7.05. The van der Waals surface area contributed by atoms with Crippen LogP contribution in [0.25, 0.3) is 5.69 Å². The number of amides is 1. The van der Waals surface area contributed by atoms with E-state index in [9.17, 15) is 4.79 Å². The number of nitrogens with zero attached hydrogens (tertiary/aromatic N) is 2. The molecule has 1 atom stereocenters. The van der Waals surface area contributed by atoms with Crippen molar-refractivity contribution in [3.8, 4) is 5.69 Å². The van der Waals surface area contributed by atoms with Crippen molar-refractivity contribution >= 4 is 5.91 Å². The van der Waals surface area contributed by atoms with Crippen LogP contribution in [-0.4, -0.2) is 28.0 Å². The summed E-state index contributed by atoms with van der Waals surface area (Å²) in [6.07, 6.45) is 11.3. The van der Waals surface area contributed by atoms with Gasteiger partial charge in [0.2, 0.25) is 0 Å². The number of hydrogen-bond acceptors (Lipinski definition) is 1. The van der Waals surface area contributed by atoms with Crippen LogP contribution in [-0.2, 0) is 12.8 Å². The van der Waals surface area contributed by atoms with Gasteiger partial charge in [-0.25, -0.2) is 0 Å². The van der Waals surface area contributed by atoms with Gasteiger partial charge in [-0.2, -0.15) is 0 Å². The average Bonchev–Trinajstić information content (AvgIpc) is 3.49. The Kier molecular flexibility index (Phi) is 5.57. The van der Waals surface area contributed by atoms with E-state index < -0.39 is 0 Å². The summed E-state index contributed by atoms with van der Waals surface area (Å²) in [5, 5.41) is 0. The molecule has 0 saturated heterocycles. The van der Waals surface area contributed by atoms with E-state index in [1.165, 1.54) is 22.3 Å². The van der Waals surface area contributed by atoms with Crippen molar-refractivity contribution in [2.45, 2.75) is 39.2 Å². The Bertz CT molecular complexity index is 1160. The molecule has 3 nitrogen and oxygen atoms in total. The zero-order valence-electron chi connectivity index (χ0n) is 18.9. The predicted molar refractivity (Wildman–Crippen MR) is 130 cm³/mol. The monoisotopic (exact) mass is 422 g/mol. The highest BCUT2D eigenvalue weighted by molar-refractivity contribution is 5.98. The molecule has 2 aliphatic rings. The molecule has 1 heterocycles. The molecule has 1 amide bonds. The average molecular weight is 423 g/mol. The van der Waals surface area contributed by atoms with Crippen LogP contribution in [0.15, 0.2) is 96.4 Å². The van der Waals surface area contributed by atoms with E-state index in [1.807, 2.05) is 53.4 Å². The molecule has 1 aromatic heterocycles. The molecule has 0 N–H and O–H groups in total. The minimum absolute atomic E-state index is 0.118. The molecule has 1 unspecified atom stereocenters. The summed E-state index contributed by atoms with van der Waals surface area (Å²) in [5.74, 6) is 0.645. The molecular formula is C29H30N2O. The molecule has 0 saturated carbocycles. The first-order valence-corrected chi connectivity index (χ1v) is 11.6. The smallest absolute Gasteiger partial charge is 0.256 e. The van der Waals surface area contributed by atoms with Crippen molar-refractivity contribution in [3.63, 3.8) is 0 Å². The third kappa shape index (κ3) is 3.95. The van der Waals surface area contributed by atoms with E-state index in [0.717, 1.165) is 30.5 Å². The van der Waals surface area contributed by atoms with Gasteiger partial charge >= 0.3 is 0 Å². The minimum atomic E-state index is 0.118. The molecule has 3 aromatic rings. The van der Waals surface area contributed by atoms with Gasteiger partial charge in [-0.15, -0.1) is 0 Å². The Balaban J connectivity index is 1.50. The normalized spacial score (nSPS) is 18.1. The maximum Gasteiger partial charge on any atom is 0.256 e. The fourth-order valence-electron chi connectivity index (χ4n) is 5.02. The van der Waals surface area contributed by atoms with Gasteiger partial charge in [-0.05, 0) is 67.5 Å².